The van der Waals surface area contributed by atoms with Crippen molar-refractivity contribution in [3.8, 4) is 0 Å². The van der Waals surface area contributed by atoms with Crippen LogP contribution in [0.4, 0.5) is 5.69 Å². The maximum atomic E-state index is 13.0. The summed E-state index contributed by atoms with van der Waals surface area (Å²) in [6, 6.07) is 10.5. The van der Waals surface area contributed by atoms with Gasteiger partial charge in [-0.1, -0.05) is 41.6 Å². The van der Waals surface area contributed by atoms with Gasteiger partial charge in [0.05, 0.1) is 33.8 Å². The number of H-pyrrole nitrogens is 1. The number of halogens is 1. The summed E-state index contributed by atoms with van der Waals surface area (Å²) in [5.41, 5.74) is 1.93. The summed E-state index contributed by atoms with van der Waals surface area (Å²) in [6.07, 6.45) is 1.96. The maximum absolute atomic E-state index is 13.0. The van der Waals surface area contributed by atoms with E-state index in [9.17, 15) is 13.2 Å². The van der Waals surface area contributed by atoms with Crippen LogP contribution in [0.1, 0.15) is 6.42 Å². The number of hydrogen-bond acceptors (Lipinski definition) is 6. The van der Waals surface area contributed by atoms with Gasteiger partial charge in [0.2, 0.25) is 5.91 Å². The summed E-state index contributed by atoms with van der Waals surface area (Å²) >= 11 is 7.19. The molecule has 1 atom stereocenters. The first-order chi connectivity index (χ1) is 13.4. The third-order valence-corrected chi connectivity index (χ3v) is 7.31. The minimum absolute atomic E-state index is 0.00857. The number of rotatable bonds is 5. The SMILES string of the molecule is O=C(CSc1nc2ncc(Cl)cc2[nH]1)N(c1ccccc1)C1CCS(=O)(=O)C1. The van der Waals surface area contributed by atoms with Crippen molar-refractivity contribution in [2.75, 3.05) is 22.2 Å². The number of fused-ring (bicyclic) bond motifs is 1. The Kier molecular flexibility index (Phi) is 5.31. The molecule has 1 aliphatic heterocycles. The van der Waals surface area contributed by atoms with Crippen LogP contribution in [0.3, 0.4) is 0 Å². The Balaban J connectivity index is 1.53. The van der Waals surface area contributed by atoms with E-state index in [0.29, 0.717) is 33.5 Å². The van der Waals surface area contributed by atoms with Crippen molar-refractivity contribution in [2.45, 2.75) is 17.6 Å². The van der Waals surface area contributed by atoms with Crippen molar-refractivity contribution in [3.63, 3.8) is 0 Å². The van der Waals surface area contributed by atoms with Gasteiger partial charge in [-0.3, -0.25) is 4.79 Å². The Morgan fingerprint density at radius 3 is 2.82 bits per heavy atom. The molecule has 1 saturated heterocycles. The van der Waals surface area contributed by atoms with Gasteiger partial charge in [-0.25, -0.2) is 18.4 Å². The lowest BCUT2D eigenvalue weighted by molar-refractivity contribution is -0.116. The second-order valence-corrected chi connectivity index (χ2v) is 10.1. The molecule has 1 unspecified atom stereocenters. The molecule has 0 bridgehead atoms. The number of hydrogen-bond donors (Lipinski definition) is 1. The molecule has 10 heteroatoms. The number of carbonyl (C=O) groups excluding carboxylic acids is 1. The van der Waals surface area contributed by atoms with Crippen molar-refractivity contribution >= 4 is 56.0 Å². The first kappa shape index (κ1) is 19.2. The summed E-state index contributed by atoms with van der Waals surface area (Å²) in [6.45, 7) is 0. The highest BCUT2D eigenvalue weighted by Gasteiger charge is 2.35. The van der Waals surface area contributed by atoms with Gasteiger partial charge in [-0.15, -0.1) is 0 Å². The number of thioether (sulfide) groups is 1. The van der Waals surface area contributed by atoms with Gasteiger partial charge >= 0.3 is 0 Å². The molecule has 2 aromatic heterocycles. The first-order valence-electron chi connectivity index (χ1n) is 8.63. The number of carbonyl (C=O) groups is 1. The van der Waals surface area contributed by atoms with Gasteiger partial charge in [-0.05, 0) is 24.6 Å². The highest BCUT2D eigenvalue weighted by Crippen LogP contribution is 2.27. The molecule has 0 aliphatic carbocycles. The lowest BCUT2D eigenvalue weighted by atomic mass is 10.2. The predicted molar refractivity (Wildman–Crippen MR) is 111 cm³/mol. The number of nitrogens with one attached hydrogen (secondary N) is 1. The second kappa shape index (κ2) is 7.73. The Hall–Kier alpha value is -2.10. The van der Waals surface area contributed by atoms with Gasteiger partial charge < -0.3 is 9.88 Å². The molecule has 28 heavy (non-hydrogen) atoms. The van der Waals surface area contributed by atoms with Crippen LogP contribution < -0.4 is 4.90 Å². The van der Waals surface area contributed by atoms with E-state index in [-0.39, 0.29) is 29.2 Å². The Morgan fingerprint density at radius 2 is 2.11 bits per heavy atom. The molecule has 0 radical (unpaired) electrons. The first-order valence-corrected chi connectivity index (χ1v) is 11.8. The molecule has 1 amide bonds. The Bertz CT molecular complexity index is 1120. The summed E-state index contributed by atoms with van der Waals surface area (Å²) in [5, 5.41) is 1.06. The fraction of sp³-hybridized carbons (Fsp3) is 0.278. The third-order valence-electron chi connectivity index (χ3n) is 4.49. The van der Waals surface area contributed by atoms with Crippen LogP contribution in [0.15, 0.2) is 47.8 Å². The minimum Gasteiger partial charge on any atom is -0.331 e. The Labute approximate surface area is 171 Å². The van der Waals surface area contributed by atoms with E-state index in [1.54, 1.807) is 11.0 Å². The molecule has 146 valence electrons. The van der Waals surface area contributed by atoms with E-state index >= 15 is 0 Å². The number of imidazole rings is 1. The molecule has 7 nitrogen and oxygen atoms in total. The van der Waals surface area contributed by atoms with Crippen molar-refractivity contribution in [3.05, 3.63) is 47.6 Å². The van der Waals surface area contributed by atoms with Crippen LogP contribution in [0.25, 0.3) is 11.2 Å². The fourth-order valence-electron chi connectivity index (χ4n) is 3.25. The lowest BCUT2D eigenvalue weighted by Crippen LogP contribution is -2.42. The van der Waals surface area contributed by atoms with E-state index < -0.39 is 9.84 Å². The number of anilines is 1. The number of para-hydroxylation sites is 1. The quantitative estimate of drug-likeness (QED) is 0.618. The van der Waals surface area contributed by atoms with E-state index in [1.165, 1.54) is 18.0 Å². The number of aromatic nitrogens is 3. The monoisotopic (exact) mass is 436 g/mol. The van der Waals surface area contributed by atoms with Crippen molar-refractivity contribution in [1.82, 2.24) is 15.0 Å². The number of aromatic amines is 1. The van der Waals surface area contributed by atoms with Crippen LogP contribution in [0.2, 0.25) is 5.02 Å². The molecule has 1 aromatic carbocycles. The van der Waals surface area contributed by atoms with Crippen molar-refractivity contribution in [2.24, 2.45) is 0 Å². The fourth-order valence-corrected chi connectivity index (χ4v) is 5.84. The summed E-state index contributed by atoms with van der Waals surface area (Å²) in [7, 11) is -3.11. The zero-order valence-electron chi connectivity index (χ0n) is 14.7. The molecular weight excluding hydrogens is 420 g/mol. The minimum atomic E-state index is -3.11. The topological polar surface area (TPSA) is 96.0 Å². The number of pyridine rings is 1. The molecule has 0 saturated carbocycles. The van der Waals surface area contributed by atoms with Crippen molar-refractivity contribution < 1.29 is 13.2 Å². The molecule has 1 aliphatic rings. The number of nitrogens with zero attached hydrogens (tertiary/aromatic N) is 3. The molecule has 1 fully saturated rings. The zero-order chi connectivity index (χ0) is 19.7. The molecular formula is C18H17ClN4O3S2. The predicted octanol–water partition coefficient (Wildman–Crippen LogP) is 2.92. The smallest absolute Gasteiger partial charge is 0.237 e. The van der Waals surface area contributed by atoms with E-state index in [4.69, 9.17) is 11.6 Å². The highest BCUT2D eigenvalue weighted by atomic mass is 35.5. The van der Waals surface area contributed by atoms with Crippen LogP contribution in [0.5, 0.6) is 0 Å². The number of benzene rings is 1. The number of sulfone groups is 1. The normalized spacial score (nSPS) is 18.4. The maximum Gasteiger partial charge on any atom is 0.237 e. The average molecular weight is 437 g/mol. The van der Waals surface area contributed by atoms with Gasteiger partial charge in [0, 0.05) is 11.9 Å². The largest absolute Gasteiger partial charge is 0.331 e. The molecule has 3 heterocycles. The third kappa shape index (κ3) is 4.16. The highest BCUT2D eigenvalue weighted by molar-refractivity contribution is 7.99. The molecule has 4 rings (SSSR count). The summed E-state index contributed by atoms with van der Waals surface area (Å²) in [5.74, 6) is 0.0617. The zero-order valence-corrected chi connectivity index (χ0v) is 17.1. The van der Waals surface area contributed by atoms with Crippen molar-refractivity contribution in [1.29, 1.82) is 0 Å². The lowest BCUT2D eigenvalue weighted by Gasteiger charge is -2.28. The van der Waals surface area contributed by atoms with Gasteiger partial charge in [0.15, 0.2) is 20.6 Å². The second-order valence-electron chi connectivity index (χ2n) is 6.51. The summed E-state index contributed by atoms with van der Waals surface area (Å²) < 4.78 is 23.9. The van der Waals surface area contributed by atoms with E-state index in [2.05, 4.69) is 15.0 Å². The van der Waals surface area contributed by atoms with Gasteiger partial charge in [0.1, 0.15) is 0 Å². The average Bonchev–Trinajstić information content (AvgIpc) is 3.23. The molecule has 3 aromatic rings. The van der Waals surface area contributed by atoms with Crippen LogP contribution in [-0.4, -0.2) is 52.6 Å². The molecule has 1 N–H and O–H groups in total. The Morgan fingerprint density at radius 1 is 1.32 bits per heavy atom. The van der Waals surface area contributed by atoms with Crippen LogP contribution in [0, 0.1) is 0 Å². The number of amides is 1. The molecule has 0 spiro atoms. The summed E-state index contributed by atoms with van der Waals surface area (Å²) in [4.78, 5) is 26.2. The van der Waals surface area contributed by atoms with E-state index in [0.717, 1.165) is 0 Å². The van der Waals surface area contributed by atoms with Crippen LogP contribution >= 0.6 is 23.4 Å². The standard InChI is InChI=1S/C18H17ClN4O3S2/c19-12-8-15-17(20-9-12)22-18(21-15)27-10-16(24)23(13-4-2-1-3-5-13)14-6-7-28(25,26)11-14/h1-5,8-9,14H,6-7,10-11H2,(H,20,21,22). The van der Waals surface area contributed by atoms with Gasteiger partial charge in [0.25, 0.3) is 0 Å². The van der Waals surface area contributed by atoms with E-state index in [1.807, 2.05) is 30.3 Å². The van der Waals surface area contributed by atoms with Crippen LogP contribution in [-0.2, 0) is 14.6 Å². The van der Waals surface area contributed by atoms with Gasteiger partial charge in [-0.2, -0.15) is 0 Å².